The van der Waals surface area contributed by atoms with Gasteiger partial charge in [0.1, 0.15) is 5.82 Å². The summed E-state index contributed by atoms with van der Waals surface area (Å²) in [5.41, 5.74) is 0.0240. The minimum absolute atomic E-state index is 0.0240. The molecule has 0 aliphatic carbocycles. The van der Waals surface area contributed by atoms with Gasteiger partial charge in [-0.1, -0.05) is 6.92 Å². The second-order valence-electron chi connectivity index (χ2n) is 3.74. The molecule has 2 atom stereocenters. The number of ether oxygens (including phenoxy) is 1. The molecule has 1 aliphatic rings. The van der Waals surface area contributed by atoms with Gasteiger partial charge in [-0.05, 0) is 19.8 Å². The van der Waals surface area contributed by atoms with Crippen molar-refractivity contribution in [2.75, 3.05) is 6.61 Å². The molecule has 1 aromatic heterocycles. The molecule has 0 radical (unpaired) electrons. The number of cyclic esters (lactones) is 1. The van der Waals surface area contributed by atoms with E-state index < -0.39 is 24.7 Å². The van der Waals surface area contributed by atoms with E-state index in [-0.39, 0.29) is 37.1 Å². The van der Waals surface area contributed by atoms with Gasteiger partial charge >= 0.3 is 5.97 Å². The number of hydrogen-bond donors (Lipinski definition) is 0. The Labute approximate surface area is 104 Å². The molecule has 0 unspecified atom stereocenters. The quantitative estimate of drug-likeness (QED) is 0.736. The van der Waals surface area contributed by atoms with E-state index in [4.69, 9.17) is 13.0 Å². The second kappa shape index (κ2) is 4.28. The smallest absolute Gasteiger partial charge is 0.309 e. The zero-order valence-electron chi connectivity index (χ0n) is 15.3. The largest absolute Gasteiger partial charge is 0.465 e. The summed E-state index contributed by atoms with van der Waals surface area (Å²) in [6, 6.07) is 0. The van der Waals surface area contributed by atoms with Crippen LogP contribution in [0.1, 0.15) is 33.1 Å². The van der Waals surface area contributed by atoms with Gasteiger partial charge in [0.25, 0.3) is 0 Å². The Morgan fingerprint density at radius 1 is 1.88 bits per heavy atom. The molecule has 88 valence electrons. The van der Waals surface area contributed by atoms with Crippen LogP contribution in [0.3, 0.4) is 0 Å². The van der Waals surface area contributed by atoms with E-state index >= 15 is 0 Å². The SMILES string of the molecule is [2H]c1nc(C)n(C([2H])([2H])[2H])c1C[C@@]1([2H])COC(=O)[C@@]1([2H])CC. The molecule has 1 aromatic rings. The van der Waals surface area contributed by atoms with Gasteiger partial charge < -0.3 is 9.30 Å². The number of aryl methyl sites for hydroxylation is 1. The second-order valence-corrected chi connectivity index (χ2v) is 3.74. The fraction of sp³-hybridized carbons (Fsp3) is 0.667. The molecule has 0 spiro atoms. The fourth-order valence-electron chi connectivity index (χ4n) is 1.78. The lowest BCUT2D eigenvalue weighted by Gasteiger charge is -2.13. The molecule has 2 heterocycles. The highest BCUT2D eigenvalue weighted by molar-refractivity contribution is 5.74. The van der Waals surface area contributed by atoms with Crippen LogP contribution in [0.25, 0.3) is 0 Å². The third-order valence-corrected chi connectivity index (χ3v) is 2.73. The maximum Gasteiger partial charge on any atom is 0.309 e. The van der Waals surface area contributed by atoms with Crippen LogP contribution in [-0.4, -0.2) is 22.1 Å². The Morgan fingerprint density at radius 3 is 3.38 bits per heavy atom. The summed E-state index contributed by atoms with van der Waals surface area (Å²) in [6.45, 7) is 0.238. The average molecular weight is 228 g/mol. The van der Waals surface area contributed by atoms with Crippen molar-refractivity contribution in [3.63, 3.8) is 0 Å². The molecule has 0 bridgehead atoms. The summed E-state index contributed by atoms with van der Waals surface area (Å²) in [5.74, 6) is -4.07. The molecular weight excluding hydrogens is 204 g/mol. The van der Waals surface area contributed by atoms with E-state index in [9.17, 15) is 4.79 Å². The average Bonchev–Trinajstić information content (AvgIpc) is 2.79. The van der Waals surface area contributed by atoms with Crippen molar-refractivity contribution in [3.05, 3.63) is 17.7 Å². The topological polar surface area (TPSA) is 44.1 Å². The van der Waals surface area contributed by atoms with Gasteiger partial charge in [0.2, 0.25) is 0 Å². The molecule has 4 nitrogen and oxygen atoms in total. The van der Waals surface area contributed by atoms with Gasteiger partial charge in [-0.2, -0.15) is 0 Å². The van der Waals surface area contributed by atoms with Crippen LogP contribution < -0.4 is 0 Å². The van der Waals surface area contributed by atoms with Gasteiger partial charge in [-0.25, -0.2) is 4.98 Å². The lowest BCUT2D eigenvalue weighted by atomic mass is 9.89. The van der Waals surface area contributed by atoms with Crippen molar-refractivity contribution in [2.45, 2.75) is 26.7 Å². The van der Waals surface area contributed by atoms with E-state index in [1.165, 1.54) is 6.92 Å². The first-order chi connectivity index (χ1) is 9.96. The molecule has 1 aliphatic heterocycles. The molecule has 4 heteroatoms. The molecule has 1 saturated heterocycles. The first-order valence-electron chi connectivity index (χ1n) is 8.19. The minimum Gasteiger partial charge on any atom is -0.465 e. The van der Waals surface area contributed by atoms with Crippen molar-refractivity contribution < 1.29 is 17.8 Å². The van der Waals surface area contributed by atoms with Gasteiger partial charge in [0.05, 0.1) is 13.9 Å². The lowest BCUT2D eigenvalue weighted by molar-refractivity contribution is -0.141. The monoisotopic (exact) mass is 228 g/mol. The van der Waals surface area contributed by atoms with E-state index in [0.717, 1.165) is 4.57 Å². The first kappa shape index (κ1) is 5.84. The van der Waals surface area contributed by atoms with Crippen molar-refractivity contribution in [1.29, 1.82) is 0 Å². The Balaban J connectivity index is 2.50. The van der Waals surface area contributed by atoms with E-state index in [1.807, 2.05) is 0 Å². The summed E-state index contributed by atoms with van der Waals surface area (Å²) in [5, 5.41) is 0. The van der Waals surface area contributed by atoms with E-state index in [1.54, 1.807) is 6.92 Å². The molecule has 2 rings (SSSR count). The molecule has 0 amide bonds. The van der Waals surface area contributed by atoms with Crippen LogP contribution in [0.5, 0.6) is 0 Å². The van der Waals surface area contributed by atoms with Crippen molar-refractivity contribution in [2.24, 2.45) is 18.8 Å². The zero-order valence-corrected chi connectivity index (χ0v) is 9.33. The minimum atomic E-state index is -2.54. The van der Waals surface area contributed by atoms with Gasteiger partial charge in [0, 0.05) is 31.6 Å². The summed E-state index contributed by atoms with van der Waals surface area (Å²) in [4.78, 5) is 15.6. The summed E-state index contributed by atoms with van der Waals surface area (Å²) in [7, 11) is 0. The lowest BCUT2D eigenvalue weighted by Crippen LogP contribution is -2.18. The van der Waals surface area contributed by atoms with Crippen LogP contribution in [-0.2, 0) is 22.9 Å². The maximum absolute atomic E-state index is 11.8. The van der Waals surface area contributed by atoms with Crippen LogP contribution in [0, 0.1) is 18.7 Å². The Kier molecular flexibility index (Phi) is 1.56. The third kappa shape index (κ3) is 1.84. The van der Waals surface area contributed by atoms with Crippen LogP contribution in [0.4, 0.5) is 0 Å². The number of carbonyl (C=O) groups is 1. The predicted octanol–water partition coefficient (Wildman–Crippen LogP) is 1.47. The number of aromatic nitrogens is 2. The normalized spacial score (nSPS) is 40.2. The van der Waals surface area contributed by atoms with Gasteiger partial charge in [-0.3, -0.25) is 4.79 Å². The van der Waals surface area contributed by atoms with Crippen molar-refractivity contribution in [3.8, 4) is 0 Å². The first-order valence-corrected chi connectivity index (χ1v) is 5.19. The van der Waals surface area contributed by atoms with Crippen LogP contribution >= 0.6 is 0 Å². The standard InChI is InChI=1S/C12H18N2O2/c1-4-11-9(7-16-12(11)15)5-10-6-13-8(2)14(10)3/h6,9,11H,4-5,7H2,1-3H3/t9-,11-/m0/s1/i3D3,6D,9D,11D. The highest BCUT2D eigenvalue weighted by atomic mass is 16.5. The predicted molar refractivity (Wildman–Crippen MR) is 59.9 cm³/mol. The van der Waals surface area contributed by atoms with Gasteiger partial charge in [-0.15, -0.1) is 0 Å². The summed E-state index contributed by atoms with van der Waals surface area (Å²) < 4.78 is 53.0. The highest BCUT2D eigenvalue weighted by Crippen LogP contribution is 2.28. The molecule has 16 heavy (non-hydrogen) atoms. The number of nitrogens with zero attached hydrogens (tertiary/aromatic N) is 2. The van der Waals surface area contributed by atoms with Crippen LogP contribution in [0.15, 0.2) is 6.17 Å². The summed E-state index contributed by atoms with van der Waals surface area (Å²) in [6.07, 6.45) is -0.435. The number of carbonyl (C=O) groups excluding carboxylic acids is 1. The molecule has 0 aromatic carbocycles. The highest BCUT2D eigenvalue weighted by Gasteiger charge is 2.35. The van der Waals surface area contributed by atoms with Gasteiger partial charge in [0.15, 0.2) is 0 Å². The van der Waals surface area contributed by atoms with E-state index in [2.05, 4.69) is 4.98 Å². The Hall–Kier alpha value is -1.32. The number of rotatable bonds is 3. The fourth-order valence-corrected chi connectivity index (χ4v) is 1.78. The number of hydrogen-bond acceptors (Lipinski definition) is 3. The van der Waals surface area contributed by atoms with Crippen LogP contribution in [0.2, 0.25) is 0 Å². The van der Waals surface area contributed by atoms with Crippen molar-refractivity contribution >= 4 is 5.97 Å². The number of esters is 1. The third-order valence-electron chi connectivity index (χ3n) is 2.73. The molecule has 1 fully saturated rings. The Bertz CT molecular complexity index is 613. The van der Waals surface area contributed by atoms with Crippen molar-refractivity contribution in [1.82, 2.24) is 9.55 Å². The molecule has 0 saturated carbocycles. The molecule has 0 N–H and O–H groups in total. The summed E-state index contributed by atoms with van der Waals surface area (Å²) >= 11 is 0. The Morgan fingerprint density at radius 2 is 2.69 bits per heavy atom. The zero-order chi connectivity index (χ0) is 16.9. The number of imidazole rings is 1. The molecular formula is C12H18N2O2. The van der Waals surface area contributed by atoms with E-state index in [0.29, 0.717) is 0 Å². The maximum atomic E-state index is 11.8.